The first-order valence-corrected chi connectivity index (χ1v) is 7.24. The fraction of sp³-hybridized carbons (Fsp3) is 0.571. The van der Waals surface area contributed by atoms with Crippen LogP contribution in [0.2, 0.25) is 0 Å². The molecule has 0 aliphatic carbocycles. The van der Waals surface area contributed by atoms with E-state index in [1.807, 2.05) is 11.8 Å². The van der Waals surface area contributed by atoms with E-state index in [0.717, 1.165) is 13.1 Å². The summed E-state index contributed by atoms with van der Waals surface area (Å²) < 4.78 is 0. The minimum atomic E-state index is 1.00. The number of rotatable bonds is 7. The lowest BCUT2D eigenvalue weighted by Crippen LogP contribution is -2.16. The van der Waals surface area contributed by atoms with Gasteiger partial charge in [-0.25, -0.2) is 0 Å². The van der Waals surface area contributed by atoms with E-state index in [1.54, 1.807) is 0 Å². The van der Waals surface area contributed by atoms with Crippen LogP contribution in [0.1, 0.15) is 30.0 Å². The van der Waals surface area contributed by atoms with Crippen LogP contribution < -0.4 is 5.32 Å². The molecule has 0 atom stereocenters. The van der Waals surface area contributed by atoms with Gasteiger partial charge in [-0.3, -0.25) is 0 Å². The Bertz CT molecular complexity index is 310. The van der Waals surface area contributed by atoms with Crippen molar-refractivity contribution in [1.82, 2.24) is 5.32 Å². The van der Waals surface area contributed by atoms with Gasteiger partial charge in [0.2, 0.25) is 0 Å². The fourth-order valence-electron chi connectivity index (χ4n) is 1.71. The van der Waals surface area contributed by atoms with Crippen LogP contribution in [0.15, 0.2) is 18.2 Å². The Balaban J connectivity index is 2.21. The molecule has 1 aromatic carbocycles. The first-order valence-electron chi connectivity index (χ1n) is 6.08. The van der Waals surface area contributed by atoms with Crippen molar-refractivity contribution in [2.24, 2.45) is 0 Å². The number of hydrogen-bond acceptors (Lipinski definition) is 2. The molecule has 0 unspecified atom stereocenters. The van der Waals surface area contributed by atoms with E-state index in [1.165, 1.54) is 34.6 Å². The van der Waals surface area contributed by atoms with Gasteiger partial charge in [0.05, 0.1) is 0 Å². The molecule has 0 heterocycles. The fourth-order valence-corrected chi connectivity index (χ4v) is 2.35. The van der Waals surface area contributed by atoms with Gasteiger partial charge in [-0.15, -0.1) is 0 Å². The Hall–Kier alpha value is -0.470. The summed E-state index contributed by atoms with van der Waals surface area (Å²) in [5, 5.41) is 3.51. The van der Waals surface area contributed by atoms with Gasteiger partial charge in [0.1, 0.15) is 0 Å². The summed E-state index contributed by atoms with van der Waals surface area (Å²) in [6.45, 7) is 8.68. The molecule has 0 aliphatic rings. The average molecular weight is 237 g/mol. The highest BCUT2D eigenvalue weighted by molar-refractivity contribution is 7.99. The van der Waals surface area contributed by atoms with Gasteiger partial charge in [-0.1, -0.05) is 30.7 Å². The molecule has 90 valence electrons. The molecule has 2 heteroatoms. The number of hydrogen-bond donors (Lipinski definition) is 1. The molecule has 0 fully saturated rings. The Kier molecular flexibility index (Phi) is 6.58. The van der Waals surface area contributed by atoms with Crippen molar-refractivity contribution in [3.8, 4) is 0 Å². The van der Waals surface area contributed by atoms with Crippen LogP contribution in [0.25, 0.3) is 0 Å². The maximum Gasteiger partial charge on any atom is 0.0208 e. The number of benzene rings is 1. The molecule has 0 aromatic heterocycles. The summed E-state index contributed by atoms with van der Waals surface area (Å²) in [6, 6.07) is 6.68. The van der Waals surface area contributed by atoms with E-state index in [2.05, 4.69) is 44.3 Å². The largest absolute Gasteiger partial charge is 0.313 e. The first kappa shape index (κ1) is 13.6. The molecule has 0 amide bonds. The van der Waals surface area contributed by atoms with Gasteiger partial charge in [0, 0.05) is 6.54 Å². The second kappa shape index (κ2) is 7.75. The van der Waals surface area contributed by atoms with Crippen LogP contribution in [-0.4, -0.2) is 18.1 Å². The van der Waals surface area contributed by atoms with Crippen molar-refractivity contribution in [2.45, 2.75) is 33.7 Å². The summed E-state index contributed by atoms with van der Waals surface area (Å²) in [6.07, 6.45) is 1.27. The maximum atomic E-state index is 3.51. The molecule has 0 bridgehead atoms. The highest BCUT2D eigenvalue weighted by Crippen LogP contribution is 2.10. The quantitative estimate of drug-likeness (QED) is 0.728. The normalized spacial score (nSPS) is 10.7. The summed E-state index contributed by atoms with van der Waals surface area (Å²) >= 11 is 2.02. The van der Waals surface area contributed by atoms with E-state index in [4.69, 9.17) is 0 Å². The lowest BCUT2D eigenvalue weighted by molar-refractivity contribution is 0.676. The molecule has 1 nitrogen and oxygen atoms in total. The zero-order valence-electron chi connectivity index (χ0n) is 10.7. The van der Waals surface area contributed by atoms with Crippen LogP contribution in [0, 0.1) is 13.8 Å². The van der Waals surface area contributed by atoms with Gasteiger partial charge in [-0.05, 0) is 49.4 Å². The Labute approximate surface area is 104 Å². The van der Waals surface area contributed by atoms with E-state index >= 15 is 0 Å². The van der Waals surface area contributed by atoms with Crippen molar-refractivity contribution in [3.63, 3.8) is 0 Å². The summed E-state index contributed by atoms with van der Waals surface area (Å²) in [7, 11) is 0. The molecular formula is C14H23NS. The second-order valence-corrected chi connectivity index (χ2v) is 5.55. The SMILES string of the molecule is CCSCCCNCc1ccc(C)cc1C. The van der Waals surface area contributed by atoms with Crippen LogP contribution in [-0.2, 0) is 6.54 Å². The van der Waals surface area contributed by atoms with Crippen LogP contribution in [0.5, 0.6) is 0 Å². The Morgan fingerprint density at radius 2 is 2.06 bits per heavy atom. The minimum Gasteiger partial charge on any atom is -0.313 e. The molecule has 0 radical (unpaired) electrons. The maximum absolute atomic E-state index is 3.51. The highest BCUT2D eigenvalue weighted by Gasteiger charge is 1.97. The number of nitrogens with one attached hydrogen (secondary N) is 1. The average Bonchev–Trinajstić information content (AvgIpc) is 2.26. The molecule has 1 N–H and O–H groups in total. The molecule has 0 saturated heterocycles. The zero-order valence-corrected chi connectivity index (χ0v) is 11.5. The van der Waals surface area contributed by atoms with Crippen molar-refractivity contribution < 1.29 is 0 Å². The highest BCUT2D eigenvalue weighted by atomic mass is 32.2. The third kappa shape index (κ3) is 5.04. The first-order chi connectivity index (χ1) is 7.74. The minimum absolute atomic E-state index is 1.00. The zero-order chi connectivity index (χ0) is 11.8. The lowest BCUT2D eigenvalue weighted by Gasteiger charge is -2.08. The van der Waals surface area contributed by atoms with Crippen molar-refractivity contribution in [1.29, 1.82) is 0 Å². The molecule has 0 saturated carbocycles. The van der Waals surface area contributed by atoms with Gasteiger partial charge >= 0.3 is 0 Å². The monoisotopic (exact) mass is 237 g/mol. The van der Waals surface area contributed by atoms with Gasteiger partial charge < -0.3 is 5.32 Å². The molecule has 16 heavy (non-hydrogen) atoms. The standard InChI is InChI=1S/C14H23NS/c1-4-16-9-5-8-15-11-14-7-6-12(2)10-13(14)3/h6-7,10,15H,4-5,8-9,11H2,1-3H3. The number of aryl methyl sites for hydroxylation is 2. The van der Waals surface area contributed by atoms with E-state index in [0.29, 0.717) is 0 Å². The van der Waals surface area contributed by atoms with Crippen LogP contribution in [0.4, 0.5) is 0 Å². The van der Waals surface area contributed by atoms with E-state index in [9.17, 15) is 0 Å². The molecule has 0 spiro atoms. The predicted octanol–water partition coefficient (Wildman–Crippen LogP) is 3.54. The summed E-state index contributed by atoms with van der Waals surface area (Å²) in [5.74, 6) is 2.51. The predicted molar refractivity (Wildman–Crippen MR) is 75.2 cm³/mol. The third-order valence-corrected chi connectivity index (χ3v) is 3.65. The van der Waals surface area contributed by atoms with Crippen LogP contribution >= 0.6 is 11.8 Å². The molecule has 0 aliphatic heterocycles. The Morgan fingerprint density at radius 1 is 1.25 bits per heavy atom. The third-order valence-electron chi connectivity index (χ3n) is 2.66. The number of thioether (sulfide) groups is 1. The topological polar surface area (TPSA) is 12.0 Å². The summed E-state index contributed by atoms with van der Waals surface area (Å²) in [5.41, 5.74) is 4.17. The van der Waals surface area contributed by atoms with Gasteiger partial charge in [0.25, 0.3) is 0 Å². The van der Waals surface area contributed by atoms with E-state index in [-0.39, 0.29) is 0 Å². The second-order valence-electron chi connectivity index (χ2n) is 4.16. The van der Waals surface area contributed by atoms with Gasteiger partial charge in [0.15, 0.2) is 0 Å². The summed E-state index contributed by atoms with van der Waals surface area (Å²) in [4.78, 5) is 0. The van der Waals surface area contributed by atoms with Crippen molar-refractivity contribution in [2.75, 3.05) is 18.1 Å². The molecule has 1 aromatic rings. The van der Waals surface area contributed by atoms with Crippen molar-refractivity contribution in [3.05, 3.63) is 34.9 Å². The van der Waals surface area contributed by atoms with Crippen LogP contribution in [0.3, 0.4) is 0 Å². The van der Waals surface area contributed by atoms with E-state index < -0.39 is 0 Å². The van der Waals surface area contributed by atoms with Crippen molar-refractivity contribution >= 4 is 11.8 Å². The molecule has 1 rings (SSSR count). The lowest BCUT2D eigenvalue weighted by atomic mass is 10.1. The smallest absolute Gasteiger partial charge is 0.0208 e. The molecular weight excluding hydrogens is 214 g/mol. The van der Waals surface area contributed by atoms with Gasteiger partial charge in [-0.2, -0.15) is 11.8 Å². The Morgan fingerprint density at radius 3 is 2.75 bits per heavy atom.